The van der Waals surface area contributed by atoms with Gasteiger partial charge in [-0.05, 0) is 24.1 Å². The summed E-state index contributed by atoms with van der Waals surface area (Å²) in [6.45, 7) is 2.34. The summed E-state index contributed by atoms with van der Waals surface area (Å²) in [6, 6.07) is 11.5. The number of hydrogen-bond acceptors (Lipinski definition) is 3. The van der Waals surface area contributed by atoms with Crippen molar-refractivity contribution in [1.82, 2.24) is 0 Å². The van der Waals surface area contributed by atoms with Gasteiger partial charge in [-0.3, -0.25) is 0 Å². The molecule has 0 unspecified atom stereocenters. The number of benzene rings is 2. The highest BCUT2D eigenvalue weighted by Crippen LogP contribution is 2.33. The van der Waals surface area contributed by atoms with Crippen LogP contribution in [0.2, 0.25) is 5.02 Å². The van der Waals surface area contributed by atoms with Gasteiger partial charge in [0, 0.05) is 6.07 Å². The Morgan fingerprint density at radius 1 is 1.15 bits per heavy atom. The molecule has 0 saturated heterocycles. The van der Waals surface area contributed by atoms with Gasteiger partial charge in [-0.25, -0.2) is 0 Å². The van der Waals surface area contributed by atoms with Crippen LogP contribution in [0.3, 0.4) is 0 Å². The Bertz CT molecular complexity index is 596. The second-order valence-electron chi connectivity index (χ2n) is 4.53. The van der Waals surface area contributed by atoms with E-state index in [0.717, 1.165) is 5.56 Å². The first-order chi connectivity index (χ1) is 9.63. The van der Waals surface area contributed by atoms with Crippen molar-refractivity contribution < 1.29 is 14.6 Å². The minimum atomic E-state index is -0.132. The number of aryl methyl sites for hydroxylation is 1. The Morgan fingerprint density at radius 2 is 1.95 bits per heavy atom. The summed E-state index contributed by atoms with van der Waals surface area (Å²) in [5, 5.41) is 9.65. The van der Waals surface area contributed by atoms with Crippen LogP contribution in [0.25, 0.3) is 0 Å². The molecule has 20 heavy (non-hydrogen) atoms. The Hall–Kier alpha value is -1.71. The molecule has 106 valence electrons. The molecule has 4 heteroatoms. The molecule has 0 aromatic heterocycles. The van der Waals surface area contributed by atoms with E-state index in [9.17, 15) is 5.11 Å². The van der Waals surface area contributed by atoms with Crippen molar-refractivity contribution in [3.05, 3.63) is 58.1 Å². The molecule has 0 aliphatic carbocycles. The highest BCUT2D eigenvalue weighted by atomic mass is 35.5. The first kappa shape index (κ1) is 14.7. The van der Waals surface area contributed by atoms with Crippen LogP contribution in [-0.4, -0.2) is 12.2 Å². The number of aliphatic hydroxyl groups excluding tert-OH is 1. The number of aliphatic hydroxyl groups is 1. The first-order valence-electron chi connectivity index (χ1n) is 6.29. The summed E-state index contributed by atoms with van der Waals surface area (Å²) in [5.74, 6) is 1.13. The molecule has 2 aromatic rings. The summed E-state index contributed by atoms with van der Waals surface area (Å²) >= 11 is 6.07. The minimum Gasteiger partial charge on any atom is -0.493 e. The molecule has 0 bridgehead atoms. The standard InChI is InChI=1S/C16H17ClO3/c1-11-4-3-5-12(6-11)10-20-16-8-14(17)13(9-18)7-15(16)19-2/h3-8,18H,9-10H2,1-2H3. The molecule has 0 aliphatic rings. The van der Waals surface area contributed by atoms with Gasteiger partial charge in [-0.2, -0.15) is 0 Å². The van der Waals surface area contributed by atoms with Crippen molar-refractivity contribution in [3.63, 3.8) is 0 Å². The maximum absolute atomic E-state index is 9.19. The van der Waals surface area contributed by atoms with Crippen LogP contribution in [0.5, 0.6) is 11.5 Å². The van der Waals surface area contributed by atoms with Crippen LogP contribution < -0.4 is 9.47 Å². The second-order valence-corrected chi connectivity index (χ2v) is 4.94. The van der Waals surface area contributed by atoms with Gasteiger partial charge in [0.1, 0.15) is 6.61 Å². The van der Waals surface area contributed by atoms with Gasteiger partial charge in [0.2, 0.25) is 0 Å². The number of methoxy groups -OCH3 is 1. The number of hydrogen-bond donors (Lipinski definition) is 1. The van der Waals surface area contributed by atoms with Gasteiger partial charge in [-0.1, -0.05) is 41.4 Å². The first-order valence-corrected chi connectivity index (χ1v) is 6.67. The van der Waals surface area contributed by atoms with E-state index in [1.165, 1.54) is 5.56 Å². The lowest BCUT2D eigenvalue weighted by Gasteiger charge is -2.13. The summed E-state index contributed by atoms with van der Waals surface area (Å²) in [6.07, 6.45) is 0. The van der Waals surface area contributed by atoms with Gasteiger partial charge in [0.25, 0.3) is 0 Å². The molecule has 0 heterocycles. The van der Waals surface area contributed by atoms with Crippen LogP contribution in [-0.2, 0) is 13.2 Å². The molecule has 0 radical (unpaired) electrons. The van der Waals surface area contributed by atoms with Crippen LogP contribution in [0.1, 0.15) is 16.7 Å². The predicted molar refractivity (Wildman–Crippen MR) is 79.4 cm³/mol. The molecule has 0 amide bonds. The van der Waals surface area contributed by atoms with E-state index in [2.05, 4.69) is 6.07 Å². The predicted octanol–water partition coefficient (Wildman–Crippen LogP) is 3.73. The summed E-state index contributed by atoms with van der Waals surface area (Å²) in [7, 11) is 1.56. The molecule has 0 saturated carbocycles. The van der Waals surface area contributed by atoms with Gasteiger partial charge in [0.15, 0.2) is 11.5 Å². The van der Waals surface area contributed by atoms with Gasteiger partial charge >= 0.3 is 0 Å². The van der Waals surface area contributed by atoms with Crippen molar-refractivity contribution in [2.24, 2.45) is 0 Å². The Kier molecular flexibility index (Phi) is 4.88. The molecular weight excluding hydrogens is 276 g/mol. The molecular formula is C16H17ClO3. The molecule has 0 fully saturated rings. The monoisotopic (exact) mass is 292 g/mol. The minimum absolute atomic E-state index is 0.132. The lowest BCUT2D eigenvalue weighted by atomic mass is 10.1. The fourth-order valence-electron chi connectivity index (χ4n) is 1.93. The normalized spacial score (nSPS) is 10.4. The lowest BCUT2D eigenvalue weighted by molar-refractivity contribution is 0.274. The molecule has 0 aliphatic heterocycles. The van der Waals surface area contributed by atoms with E-state index in [4.69, 9.17) is 21.1 Å². The largest absolute Gasteiger partial charge is 0.493 e. The summed E-state index contributed by atoms with van der Waals surface area (Å²) in [4.78, 5) is 0. The van der Waals surface area contributed by atoms with Gasteiger partial charge in [-0.15, -0.1) is 0 Å². The van der Waals surface area contributed by atoms with E-state index < -0.39 is 0 Å². The fourth-order valence-corrected chi connectivity index (χ4v) is 2.15. The molecule has 0 atom stereocenters. The van der Waals surface area contributed by atoms with Crippen LogP contribution in [0.15, 0.2) is 36.4 Å². The van der Waals surface area contributed by atoms with Crippen molar-refractivity contribution >= 4 is 11.6 Å². The maximum atomic E-state index is 9.19. The SMILES string of the molecule is COc1cc(CO)c(Cl)cc1OCc1cccc(C)c1. The van der Waals surface area contributed by atoms with Crippen molar-refractivity contribution in [3.8, 4) is 11.5 Å². The molecule has 0 spiro atoms. The molecule has 2 rings (SSSR count). The zero-order valence-corrected chi connectivity index (χ0v) is 12.3. The third-order valence-electron chi connectivity index (χ3n) is 2.98. The topological polar surface area (TPSA) is 38.7 Å². The van der Waals surface area contributed by atoms with Crippen LogP contribution >= 0.6 is 11.6 Å². The number of halogens is 1. The van der Waals surface area contributed by atoms with Crippen LogP contribution in [0, 0.1) is 6.92 Å². The average molecular weight is 293 g/mol. The van der Waals surface area contributed by atoms with E-state index in [0.29, 0.717) is 28.7 Å². The van der Waals surface area contributed by atoms with E-state index in [1.807, 2.05) is 25.1 Å². The second kappa shape index (κ2) is 6.64. The van der Waals surface area contributed by atoms with Crippen molar-refractivity contribution in [1.29, 1.82) is 0 Å². The summed E-state index contributed by atoms with van der Waals surface area (Å²) < 4.78 is 11.0. The molecule has 3 nitrogen and oxygen atoms in total. The smallest absolute Gasteiger partial charge is 0.163 e. The van der Waals surface area contributed by atoms with E-state index in [-0.39, 0.29) is 6.61 Å². The van der Waals surface area contributed by atoms with Gasteiger partial charge < -0.3 is 14.6 Å². The quantitative estimate of drug-likeness (QED) is 0.912. The Morgan fingerprint density at radius 3 is 2.60 bits per heavy atom. The zero-order chi connectivity index (χ0) is 14.5. The highest BCUT2D eigenvalue weighted by molar-refractivity contribution is 6.31. The van der Waals surface area contributed by atoms with E-state index >= 15 is 0 Å². The van der Waals surface area contributed by atoms with Gasteiger partial charge in [0.05, 0.1) is 18.7 Å². The lowest BCUT2D eigenvalue weighted by Crippen LogP contribution is -1.99. The zero-order valence-electron chi connectivity index (χ0n) is 11.5. The molecule has 1 N–H and O–H groups in total. The fraction of sp³-hybridized carbons (Fsp3) is 0.250. The average Bonchev–Trinajstić information content (AvgIpc) is 2.45. The number of rotatable bonds is 5. The highest BCUT2D eigenvalue weighted by Gasteiger charge is 2.10. The maximum Gasteiger partial charge on any atom is 0.163 e. The Balaban J connectivity index is 2.18. The van der Waals surface area contributed by atoms with Crippen LogP contribution in [0.4, 0.5) is 0 Å². The van der Waals surface area contributed by atoms with E-state index in [1.54, 1.807) is 19.2 Å². The number of ether oxygens (including phenoxy) is 2. The third-order valence-corrected chi connectivity index (χ3v) is 3.33. The Labute approximate surface area is 123 Å². The third kappa shape index (κ3) is 3.44. The summed E-state index contributed by atoms with van der Waals surface area (Å²) in [5.41, 5.74) is 2.88. The molecule has 2 aromatic carbocycles. The van der Waals surface area contributed by atoms with Crippen molar-refractivity contribution in [2.75, 3.05) is 7.11 Å². The van der Waals surface area contributed by atoms with Crippen molar-refractivity contribution in [2.45, 2.75) is 20.1 Å².